The summed E-state index contributed by atoms with van der Waals surface area (Å²) in [6.07, 6.45) is 11.2. The molecule has 0 aliphatic heterocycles. The number of unbranched alkanes of at least 4 members (excludes halogenated alkanes) is 7. The molecule has 0 radical (unpaired) electrons. The van der Waals surface area contributed by atoms with Gasteiger partial charge in [0.15, 0.2) is 0 Å². The molecule has 0 aromatic carbocycles. The highest BCUT2D eigenvalue weighted by atomic mass is 16.4. The van der Waals surface area contributed by atoms with Crippen molar-refractivity contribution in [3.8, 4) is 0 Å². The zero-order chi connectivity index (χ0) is 20.6. The van der Waals surface area contributed by atoms with Gasteiger partial charge >= 0.3 is 11.9 Å². The first kappa shape index (κ1) is 27.1. The van der Waals surface area contributed by atoms with Crippen LogP contribution in [0.3, 0.4) is 0 Å². The van der Waals surface area contributed by atoms with Crippen LogP contribution in [0.1, 0.15) is 91.9 Å². The molecule has 0 aliphatic carbocycles. The van der Waals surface area contributed by atoms with Crippen molar-refractivity contribution < 1.29 is 19.8 Å². The number of carboxylic acids is 2. The number of carbonyl (C=O) groups is 2. The van der Waals surface area contributed by atoms with Gasteiger partial charge in [0.25, 0.3) is 0 Å². The average molecular weight is 375 g/mol. The van der Waals surface area contributed by atoms with Crippen molar-refractivity contribution >= 4 is 11.9 Å². The number of aliphatic carboxylic acids is 2. The van der Waals surface area contributed by atoms with Gasteiger partial charge in [0.05, 0.1) is 10.8 Å². The van der Waals surface area contributed by atoms with Gasteiger partial charge in [-0.25, -0.2) is 0 Å². The van der Waals surface area contributed by atoms with Crippen molar-refractivity contribution in [1.82, 2.24) is 0 Å². The Labute approximate surface area is 159 Å². The number of rotatable bonds is 14. The maximum atomic E-state index is 10.8. The van der Waals surface area contributed by atoms with E-state index in [0.717, 1.165) is 13.1 Å². The Morgan fingerprint density at radius 1 is 0.615 bits per heavy atom. The Hall–Kier alpha value is -1.14. The molecule has 0 amide bonds. The summed E-state index contributed by atoms with van der Waals surface area (Å²) in [6.45, 7) is 8.13. The lowest BCUT2D eigenvalue weighted by Crippen LogP contribution is -2.29. The summed E-state index contributed by atoms with van der Waals surface area (Å²) in [7, 11) is 0. The lowest BCUT2D eigenvalue weighted by Gasteiger charge is -2.25. The van der Waals surface area contributed by atoms with E-state index in [2.05, 4.69) is 0 Å². The average Bonchev–Trinajstić information content (AvgIpc) is 2.56. The van der Waals surface area contributed by atoms with E-state index in [-0.39, 0.29) is 0 Å². The Balaban J connectivity index is 0. The molecule has 0 heterocycles. The quantitative estimate of drug-likeness (QED) is 0.340. The highest BCUT2D eigenvalue weighted by molar-refractivity contribution is 5.75. The molecular weight excluding hydrogens is 332 g/mol. The van der Waals surface area contributed by atoms with E-state index in [1.54, 1.807) is 27.7 Å². The topological polar surface area (TPSA) is 127 Å². The van der Waals surface area contributed by atoms with Crippen molar-refractivity contribution in [3.63, 3.8) is 0 Å². The summed E-state index contributed by atoms with van der Waals surface area (Å²) < 4.78 is 0. The van der Waals surface area contributed by atoms with Gasteiger partial charge in [0.2, 0.25) is 0 Å². The molecule has 0 rings (SSSR count). The smallest absolute Gasteiger partial charge is 0.309 e. The number of nitrogens with two attached hydrogens (primary N) is 2. The number of hydrogen-bond acceptors (Lipinski definition) is 4. The van der Waals surface area contributed by atoms with Gasteiger partial charge in [-0.1, -0.05) is 38.5 Å². The molecular formula is C20H42N2O4. The molecule has 6 heteroatoms. The molecule has 0 saturated carbocycles. The fraction of sp³-hybridized carbons (Fsp3) is 0.900. The van der Waals surface area contributed by atoms with Crippen LogP contribution >= 0.6 is 0 Å². The maximum absolute atomic E-state index is 10.8. The zero-order valence-corrected chi connectivity index (χ0v) is 17.4. The molecule has 0 aliphatic rings. The van der Waals surface area contributed by atoms with E-state index in [9.17, 15) is 9.59 Å². The van der Waals surface area contributed by atoms with Crippen LogP contribution in [-0.2, 0) is 9.59 Å². The van der Waals surface area contributed by atoms with Crippen molar-refractivity contribution in [2.24, 2.45) is 22.3 Å². The second-order valence-electron chi connectivity index (χ2n) is 8.28. The number of carboxylic acid groups (broad SMARTS) is 2. The SMILES string of the molecule is CC(C)(CCC(C)(C)C(=O)O)C(=O)O.NCCCCCCCCCCN. The van der Waals surface area contributed by atoms with Gasteiger partial charge < -0.3 is 21.7 Å². The fourth-order valence-corrected chi connectivity index (χ4v) is 2.19. The van der Waals surface area contributed by atoms with E-state index in [4.69, 9.17) is 21.7 Å². The Kier molecular flexibility index (Phi) is 15.6. The van der Waals surface area contributed by atoms with Crippen LogP contribution in [0.5, 0.6) is 0 Å². The van der Waals surface area contributed by atoms with Gasteiger partial charge in [0.1, 0.15) is 0 Å². The summed E-state index contributed by atoms with van der Waals surface area (Å²) in [5, 5.41) is 17.7. The van der Waals surface area contributed by atoms with E-state index in [0.29, 0.717) is 12.8 Å². The highest BCUT2D eigenvalue weighted by Gasteiger charge is 2.33. The fourth-order valence-electron chi connectivity index (χ4n) is 2.19. The summed E-state index contributed by atoms with van der Waals surface area (Å²) >= 11 is 0. The summed E-state index contributed by atoms with van der Waals surface area (Å²) in [5.74, 6) is -1.78. The molecule has 6 N–H and O–H groups in total. The lowest BCUT2D eigenvalue weighted by atomic mass is 9.79. The summed E-state index contributed by atoms with van der Waals surface area (Å²) in [5.41, 5.74) is 9.08. The third-order valence-corrected chi connectivity index (χ3v) is 4.69. The van der Waals surface area contributed by atoms with Crippen molar-refractivity contribution in [2.45, 2.75) is 91.9 Å². The van der Waals surface area contributed by atoms with Crippen molar-refractivity contribution in [2.75, 3.05) is 13.1 Å². The van der Waals surface area contributed by atoms with Crippen LogP contribution in [-0.4, -0.2) is 35.2 Å². The molecule has 0 bridgehead atoms. The molecule has 0 unspecified atom stereocenters. The molecule has 0 spiro atoms. The third-order valence-electron chi connectivity index (χ3n) is 4.69. The lowest BCUT2D eigenvalue weighted by molar-refractivity contribution is -0.151. The Bertz CT molecular complexity index is 346. The first-order valence-corrected chi connectivity index (χ1v) is 9.88. The molecule has 0 fully saturated rings. The van der Waals surface area contributed by atoms with Crippen LogP contribution in [0.4, 0.5) is 0 Å². The van der Waals surface area contributed by atoms with Gasteiger partial charge in [-0.15, -0.1) is 0 Å². The van der Waals surface area contributed by atoms with Crippen LogP contribution in [0.25, 0.3) is 0 Å². The first-order valence-electron chi connectivity index (χ1n) is 9.88. The molecule has 0 aromatic heterocycles. The van der Waals surface area contributed by atoms with E-state index >= 15 is 0 Å². The summed E-state index contributed by atoms with van der Waals surface area (Å²) in [6, 6.07) is 0. The van der Waals surface area contributed by atoms with Crippen molar-refractivity contribution in [1.29, 1.82) is 0 Å². The predicted molar refractivity (Wildman–Crippen MR) is 107 cm³/mol. The van der Waals surface area contributed by atoms with Gasteiger partial charge in [-0.2, -0.15) is 0 Å². The standard InChI is InChI=1S/C10H24N2.C10H18O4/c11-9-7-5-3-1-2-4-6-8-10-12;1-9(2,7(11)12)5-6-10(3,4)8(13)14/h1-12H2;5-6H2,1-4H3,(H,11,12)(H,13,14). The van der Waals surface area contributed by atoms with Gasteiger partial charge in [0, 0.05) is 0 Å². The number of hydrogen-bond donors (Lipinski definition) is 4. The largest absolute Gasteiger partial charge is 0.481 e. The van der Waals surface area contributed by atoms with Crippen molar-refractivity contribution in [3.05, 3.63) is 0 Å². The second-order valence-corrected chi connectivity index (χ2v) is 8.28. The second kappa shape index (κ2) is 15.0. The predicted octanol–water partition coefficient (Wildman–Crippen LogP) is 4.01. The Morgan fingerprint density at radius 2 is 0.846 bits per heavy atom. The van der Waals surface area contributed by atoms with Crippen LogP contribution in [0, 0.1) is 10.8 Å². The molecule has 0 aromatic rings. The third kappa shape index (κ3) is 15.1. The Morgan fingerprint density at radius 3 is 1.04 bits per heavy atom. The van der Waals surface area contributed by atoms with Crippen LogP contribution < -0.4 is 11.5 Å². The van der Waals surface area contributed by atoms with Crippen LogP contribution in [0.15, 0.2) is 0 Å². The monoisotopic (exact) mass is 374 g/mol. The van der Waals surface area contributed by atoms with E-state index in [1.165, 1.54) is 51.4 Å². The summed E-state index contributed by atoms with van der Waals surface area (Å²) in [4.78, 5) is 21.5. The molecule has 0 saturated heterocycles. The molecule has 156 valence electrons. The molecule has 0 atom stereocenters. The molecule has 26 heavy (non-hydrogen) atoms. The highest BCUT2D eigenvalue weighted by Crippen LogP contribution is 2.31. The minimum Gasteiger partial charge on any atom is -0.481 e. The normalized spacial score (nSPS) is 11.6. The minimum absolute atomic E-state index is 0.363. The minimum atomic E-state index is -0.890. The first-order chi connectivity index (χ1) is 12.0. The van der Waals surface area contributed by atoms with Crippen LogP contribution in [0.2, 0.25) is 0 Å². The molecule has 6 nitrogen and oxygen atoms in total. The van der Waals surface area contributed by atoms with E-state index < -0.39 is 22.8 Å². The van der Waals surface area contributed by atoms with Gasteiger partial charge in [-0.3, -0.25) is 9.59 Å². The van der Waals surface area contributed by atoms with Gasteiger partial charge in [-0.05, 0) is 66.5 Å². The van der Waals surface area contributed by atoms with E-state index in [1.807, 2.05) is 0 Å². The maximum Gasteiger partial charge on any atom is 0.309 e. The zero-order valence-electron chi connectivity index (χ0n) is 17.4.